The Labute approximate surface area is 196 Å². The molecule has 2 fully saturated rings. The first-order valence-corrected chi connectivity index (χ1v) is 13.8. The fourth-order valence-electron chi connectivity index (χ4n) is 4.50. The van der Waals surface area contributed by atoms with Crippen molar-refractivity contribution < 1.29 is 27.1 Å². The van der Waals surface area contributed by atoms with Crippen LogP contribution in [-0.4, -0.2) is 56.5 Å². The number of nitrogens with one attached hydrogen (secondary N) is 1. The molecule has 0 unspecified atom stereocenters. The van der Waals surface area contributed by atoms with Gasteiger partial charge in [0.05, 0.1) is 18.1 Å². The molecule has 9 heteroatoms. The summed E-state index contributed by atoms with van der Waals surface area (Å²) in [6.45, 7) is 3.25. The van der Waals surface area contributed by atoms with Crippen LogP contribution in [0.1, 0.15) is 69.8 Å². The first kappa shape index (κ1) is 25.5. The second kappa shape index (κ2) is 11.8. The molecule has 3 rings (SSSR count). The molecule has 0 aromatic heterocycles. The minimum atomic E-state index is -3.27. The van der Waals surface area contributed by atoms with Crippen LogP contribution in [0.4, 0.5) is 9.18 Å². The number of ether oxygens (including phenoxy) is 1. The summed E-state index contributed by atoms with van der Waals surface area (Å²) >= 11 is 0. The van der Waals surface area contributed by atoms with Crippen molar-refractivity contribution in [3.8, 4) is 5.75 Å². The van der Waals surface area contributed by atoms with Crippen LogP contribution in [0.3, 0.4) is 0 Å². The fourth-order valence-corrected chi connectivity index (χ4v) is 6.26. The number of unbranched alkanes of at least 4 members (excludes halogenated alkanes) is 2. The van der Waals surface area contributed by atoms with Crippen LogP contribution in [0.5, 0.6) is 5.75 Å². The van der Waals surface area contributed by atoms with Gasteiger partial charge in [-0.2, -0.15) is 0 Å². The van der Waals surface area contributed by atoms with E-state index < -0.39 is 15.7 Å². The molecule has 1 saturated carbocycles. The first-order valence-electron chi connectivity index (χ1n) is 11.9. The predicted molar refractivity (Wildman–Crippen MR) is 125 cm³/mol. The molecule has 0 radical (unpaired) electrons. The number of sulfone groups is 1. The topological polar surface area (TPSA) is 92.8 Å². The highest BCUT2D eigenvalue weighted by Gasteiger charge is 2.23. The van der Waals surface area contributed by atoms with E-state index >= 15 is 0 Å². The number of hydrogen-bond donors (Lipinski definition) is 1. The molecule has 184 valence electrons. The van der Waals surface area contributed by atoms with Gasteiger partial charge in [0.25, 0.3) is 0 Å². The normalized spacial score (nSPS) is 18.4. The van der Waals surface area contributed by atoms with Gasteiger partial charge in [-0.1, -0.05) is 32.3 Å². The molecule has 1 N–H and O–H groups in total. The molecule has 1 aromatic rings. The quantitative estimate of drug-likeness (QED) is 0.454. The van der Waals surface area contributed by atoms with Crippen LogP contribution in [0.15, 0.2) is 18.2 Å². The number of benzene rings is 1. The Morgan fingerprint density at radius 1 is 1.18 bits per heavy atom. The highest BCUT2D eigenvalue weighted by molar-refractivity contribution is 7.91. The molecule has 1 atom stereocenters. The van der Waals surface area contributed by atoms with Gasteiger partial charge in [0, 0.05) is 19.5 Å². The van der Waals surface area contributed by atoms with Gasteiger partial charge in [-0.25, -0.2) is 17.6 Å². The molecule has 3 amide bonds. The summed E-state index contributed by atoms with van der Waals surface area (Å²) in [5.41, 5.74) is 0.757. The maximum absolute atomic E-state index is 14.2. The lowest BCUT2D eigenvalue weighted by atomic mass is 10.0. The van der Waals surface area contributed by atoms with Crippen molar-refractivity contribution >= 4 is 21.8 Å². The summed E-state index contributed by atoms with van der Waals surface area (Å²) in [6.07, 6.45) is 6.80. The van der Waals surface area contributed by atoms with Gasteiger partial charge in [-0.3, -0.25) is 10.1 Å². The lowest BCUT2D eigenvalue weighted by Crippen LogP contribution is -2.49. The Kier molecular flexibility index (Phi) is 9.11. The van der Waals surface area contributed by atoms with Crippen LogP contribution in [-0.2, 0) is 14.6 Å². The lowest BCUT2D eigenvalue weighted by molar-refractivity contribution is -0.121. The van der Waals surface area contributed by atoms with Crippen LogP contribution in [0, 0.1) is 11.7 Å². The van der Waals surface area contributed by atoms with Crippen molar-refractivity contribution in [2.24, 2.45) is 5.92 Å². The molecule has 1 heterocycles. The molecule has 33 heavy (non-hydrogen) atoms. The van der Waals surface area contributed by atoms with E-state index in [2.05, 4.69) is 5.32 Å². The van der Waals surface area contributed by atoms with E-state index in [0.717, 1.165) is 18.4 Å². The number of urea groups is 1. The Hall–Kier alpha value is -2.16. The monoisotopic (exact) mass is 482 g/mol. The third-order valence-electron chi connectivity index (χ3n) is 6.50. The highest BCUT2D eigenvalue weighted by atomic mass is 32.2. The van der Waals surface area contributed by atoms with Crippen LogP contribution in [0.2, 0.25) is 0 Å². The average Bonchev–Trinajstić information content (AvgIpc) is 3.27. The zero-order valence-electron chi connectivity index (χ0n) is 19.4. The molecule has 7 nitrogen and oxygen atoms in total. The second-order valence-electron chi connectivity index (χ2n) is 9.32. The molecule has 1 aliphatic heterocycles. The van der Waals surface area contributed by atoms with E-state index in [-0.39, 0.29) is 35.1 Å². The molecule has 2 aliphatic rings. The van der Waals surface area contributed by atoms with Gasteiger partial charge in [0.1, 0.15) is 0 Å². The number of hydrogen-bond acceptors (Lipinski definition) is 5. The van der Waals surface area contributed by atoms with Crippen LogP contribution in [0.25, 0.3) is 0 Å². The lowest BCUT2D eigenvalue weighted by Gasteiger charge is -2.26. The van der Waals surface area contributed by atoms with Crippen LogP contribution < -0.4 is 10.1 Å². The van der Waals surface area contributed by atoms with E-state index in [0.29, 0.717) is 51.3 Å². The maximum Gasteiger partial charge on any atom is 0.324 e. The van der Waals surface area contributed by atoms with Crippen molar-refractivity contribution in [2.75, 3.05) is 31.2 Å². The van der Waals surface area contributed by atoms with Gasteiger partial charge in [-0.15, -0.1) is 0 Å². The van der Waals surface area contributed by atoms with Gasteiger partial charge in [-0.05, 0) is 55.2 Å². The number of carbonyl (C=O) groups is 2. The molecule has 0 bridgehead atoms. The zero-order chi connectivity index (χ0) is 23.8. The number of imide groups is 1. The number of carbonyl (C=O) groups excluding carboxylic acids is 2. The molecule has 1 aliphatic carbocycles. The number of halogens is 1. The average molecular weight is 483 g/mol. The van der Waals surface area contributed by atoms with Gasteiger partial charge in [0.2, 0.25) is 5.91 Å². The third-order valence-corrected chi connectivity index (χ3v) is 8.42. The molecular formula is C24H35FN2O5S. The summed E-state index contributed by atoms with van der Waals surface area (Å²) in [5.74, 6) is -0.196. The standard InChI is InChI=1S/C24H35FN2O5S/c1-18(20-9-10-21(25)22(15-20)32-16-19-7-3-4-8-19)17-33(30,31)14-6-2-5-12-27-13-11-23(28)26-24(27)29/h9-10,15,18-19H,2-8,11-14,16-17H2,1H3,(H,26,28,29)/t18-/m0/s1. The minimum Gasteiger partial charge on any atom is -0.490 e. The van der Waals surface area contributed by atoms with Gasteiger partial charge in [0.15, 0.2) is 21.4 Å². The van der Waals surface area contributed by atoms with Crippen molar-refractivity contribution in [3.05, 3.63) is 29.6 Å². The SMILES string of the molecule is C[C@@H](CS(=O)(=O)CCCCCN1CCC(=O)NC1=O)c1ccc(F)c(OCC2CCCC2)c1. The first-order chi connectivity index (χ1) is 15.7. The Morgan fingerprint density at radius 3 is 2.67 bits per heavy atom. The zero-order valence-corrected chi connectivity index (χ0v) is 20.2. The Bertz CT molecular complexity index is 931. The summed E-state index contributed by atoms with van der Waals surface area (Å²) in [4.78, 5) is 24.5. The second-order valence-corrected chi connectivity index (χ2v) is 11.5. The molecule has 1 saturated heterocycles. The smallest absolute Gasteiger partial charge is 0.324 e. The van der Waals surface area contributed by atoms with E-state index in [1.165, 1.54) is 18.9 Å². The molecular weight excluding hydrogens is 447 g/mol. The third kappa shape index (κ3) is 7.98. The number of rotatable bonds is 12. The van der Waals surface area contributed by atoms with Crippen molar-refractivity contribution in [1.29, 1.82) is 0 Å². The van der Waals surface area contributed by atoms with E-state index in [1.54, 1.807) is 17.0 Å². The van der Waals surface area contributed by atoms with E-state index in [4.69, 9.17) is 4.74 Å². The summed E-state index contributed by atoms with van der Waals surface area (Å²) in [5, 5.41) is 2.28. The van der Waals surface area contributed by atoms with Gasteiger partial charge < -0.3 is 9.64 Å². The largest absolute Gasteiger partial charge is 0.490 e. The minimum absolute atomic E-state index is 0.00264. The summed E-state index contributed by atoms with van der Waals surface area (Å²) in [7, 11) is -3.27. The number of amides is 3. The molecule has 1 aromatic carbocycles. The van der Waals surface area contributed by atoms with Gasteiger partial charge >= 0.3 is 6.03 Å². The summed E-state index contributed by atoms with van der Waals surface area (Å²) < 4.78 is 45.1. The van der Waals surface area contributed by atoms with Crippen molar-refractivity contribution in [2.45, 2.75) is 64.2 Å². The van der Waals surface area contributed by atoms with Crippen molar-refractivity contribution in [1.82, 2.24) is 10.2 Å². The van der Waals surface area contributed by atoms with E-state index in [1.807, 2.05) is 6.92 Å². The summed E-state index contributed by atoms with van der Waals surface area (Å²) in [6, 6.07) is 4.25. The van der Waals surface area contributed by atoms with E-state index in [9.17, 15) is 22.4 Å². The fraction of sp³-hybridized carbons (Fsp3) is 0.667. The maximum atomic E-state index is 14.2. The molecule has 0 spiro atoms. The number of nitrogens with zero attached hydrogens (tertiary/aromatic N) is 1. The highest BCUT2D eigenvalue weighted by Crippen LogP contribution is 2.29. The van der Waals surface area contributed by atoms with Crippen LogP contribution >= 0.6 is 0 Å². The Balaban J connectivity index is 1.41. The predicted octanol–water partition coefficient (Wildman–Crippen LogP) is 4.03. The van der Waals surface area contributed by atoms with Crippen molar-refractivity contribution in [3.63, 3.8) is 0 Å². The Morgan fingerprint density at radius 2 is 1.94 bits per heavy atom.